The van der Waals surface area contributed by atoms with Crippen LogP contribution in [0.4, 0.5) is 0 Å². The average molecular weight is 462 g/mol. The molecule has 2 aromatic carbocycles. The number of allylic oxidation sites excluding steroid dienone is 1. The lowest BCUT2D eigenvalue weighted by atomic mass is 9.87. The monoisotopic (exact) mass is 461 g/mol. The summed E-state index contributed by atoms with van der Waals surface area (Å²) in [5, 5.41) is 10.7. The van der Waals surface area contributed by atoms with Crippen LogP contribution >= 0.6 is 35.0 Å². The maximum Gasteiger partial charge on any atom is 0.191 e. The van der Waals surface area contributed by atoms with E-state index in [4.69, 9.17) is 27.9 Å². The number of aromatic nitrogens is 3. The summed E-state index contributed by atoms with van der Waals surface area (Å²) in [6.07, 6.45) is 1.82. The molecule has 0 unspecified atom stereocenters. The van der Waals surface area contributed by atoms with Crippen LogP contribution in [-0.2, 0) is 24.3 Å². The largest absolute Gasteiger partial charge is 0.486 e. The van der Waals surface area contributed by atoms with Crippen molar-refractivity contribution in [3.05, 3.63) is 82.1 Å². The van der Waals surface area contributed by atoms with Crippen molar-refractivity contribution < 1.29 is 4.74 Å². The number of halogens is 2. The van der Waals surface area contributed by atoms with E-state index in [9.17, 15) is 0 Å². The zero-order chi connectivity index (χ0) is 21.7. The molecule has 1 aromatic heterocycles. The Labute approximate surface area is 192 Å². The molecule has 0 saturated carbocycles. The van der Waals surface area contributed by atoms with Crippen LogP contribution in [0, 0.1) is 0 Å². The van der Waals surface area contributed by atoms with Gasteiger partial charge in [-0.1, -0.05) is 80.0 Å². The molecular weight excluding hydrogens is 437 g/mol. The first-order valence-corrected chi connectivity index (χ1v) is 11.4. The summed E-state index contributed by atoms with van der Waals surface area (Å²) in [6.45, 7) is 11.3. The maximum atomic E-state index is 6.28. The summed E-state index contributed by atoms with van der Waals surface area (Å²) in [5.41, 5.74) is 2.26. The standard InChI is InChI=1S/C23H25Cl2N3OS/c1-5-13-28-21(14-29-17-11-9-16(10-12-17)23(2,3)4)26-27-22(28)30-15-18-19(24)7-6-8-20(18)25/h5-12H,1,13-15H2,2-4H3. The van der Waals surface area contributed by atoms with Crippen LogP contribution in [0.2, 0.25) is 10.0 Å². The molecule has 0 bridgehead atoms. The lowest BCUT2D eigenvalue weighted by Gasteiger charge is -2.19. The fourth-order valence-electron chi connectivity index (χ4n) is 2.85. The molecule has 0 saturated heterocycles. The molecule has 3 aromatic rings. The van der Waals surface area contributed by atoms with E-state index < -0.39 is 0 Å². The van der Waals surface area contributed by atoms with Gasteiger partial charge in [-0.2, -0.15) is 0 Å². The van der Waals surface area contributed by atoms with Crippen LogP contribution in [0.15, 0.2) is 60.3 Å². The zero-order valence-corrected chi connectivity index (χ0v) is 19.7. The average Bonchev–Trinajstić information content (AvgIpc) is 3.08. The van der Waals surface area contributed by atoms with E-state index in [0.29, 0.717) is 28.9 Å². The topological polar surface area (TPSA) is 39.9 Å². The van der Waals surface area contributed by atoms with Crippen molar-refractivity contribution >= 4 is 35.0 Å². The minimum Gasteiger partial charge on any atom is -0.486 e. The smallest absolute Gasteiger partial charge is 0.191 e. The van der Waals surface area contributed by atoms with E-state index in [0.717, 1.165) is 22.3 Å². The van der Waals surface area contributed by atoms with Gasteiger partial charge in [0.15, 0.2) is 11.0 Å². The molecule has 4 nitrogen and oxygen atoms in total. The third-order valence-corrected chi connectivity index (χ3v) is 6.30. The van der Waals surface area contributed by atoms with E-state index in [1.165, 1.54) is 17.3 Å². The Morgan fingerprint density at radius 3 is 2.33 bits per heavy atom. The zero-order valence-electron chi connectivity index (χ0n) is 17.4. The predicted molar refractivity (Wildman–Crippen MR) is 126 cm³/mol. The molecule has 1 heterocycles. The van der Waals surface area contributed by atoms with Gasteiger partial charge in [-0.15, -0.1) is 16.8 Å². The predicted octanol–water partition coefficient (Wildman–Crippen LogP) is 6.94. The Balaban J connectivity index is 1.70. The second kappa shape index (κ2) is 9.90. The van der Waals surface area contributed by atoms with Crippen molar-refractivity contribution in [2.24, 2.45) is 0 Å². The van der Waals surface area contributed by atoms with Gasteiger partial charge in [-0.25, -0.2) is 0 Å². The quantitative estimate of drug-likeness (QED) is 0.269. The van der Waals surface area contributed by atoms with Crippen molar-refractivity contribution in [3.8, 4) is 5.75 Å². The number of hydrogen-bond acceptors (Lipinski definition) is 4. The number of benzene rings is 2. The number of ether oxygens (including phenoxy) is 1. The van der Waals surface area contributed by atoms with E-state index in [2.05, 4.69) is 49.7 Å². The number of hydrogen-bond donors (Lipinski definition) is 0. The Hall–Kier alpha value is -1.95. The lowest BCUT2D eigenvalue weighted by molar-refractivity contribution is 0.289. The molecule has 158 valence electrons. The van der Waals surface area contributed by atoms with Crippen molar-refractivity contribution in [1.29, 1.82) is 0 Å². The van der Waals surface area contributed by atoms with Gasteiger partial charge in [0.05, 0.1) is 0 Å². The molecule has 3 rings (SSSR count). The molecule has 0 aliphatic rings. The summed E-state index contributed by atoms with van der Waals surface area (Å²) in [5.74, 6) is 2.14. The van der Waals surface area contributed by atoms with Crippen LogP contribution in [0.1, 0.15) is 37.7 Å². The lowest BCUT2D eigenvalue weighted by Crippen LogP contribution is -2.11. The van der Waals surface area contributed by atoms with Crippen molar-refractivity contribution in [3.63, 3.8) is 0 Å². The first kappa shape index (κ1) is 22.7. The summed E-state index contributed by atoms with van der Waals surface area (Å²) in [6, 6.07) is 13.7. The fourth-order valence-corrected chi connectivity index (χ4v) is 4.56. The summed E-state index contributed by atoms with van der Waals surface area (Å²) in [7, 11) is 0. The minimum absolute atomic E-state index is 0.110. The van der Waals surface area contributed by atoms with Gasteiger partial charge < -0.3 is 4.74 Å². The highest BCUT2D eigenvalue weighted by atomic mass is 35.5. The summed E-state index contributed by atoms with van der Waals surface area (Å²) < 4.78 is 7.94. The molecule has 0 spiro atoms. The van der Waals surface area contributed by atoms with Gasteiger partial charge in [0, 0.05) is 22.3 Å². The normalized spacial score (nSPS) is 11.5. The highest BCUT2D eigenvalue weighted by Gasteiger charge is 2.16. The molecular formula is C23H25Cl2N3OS. The van der Waals surface area contributed by atoms with Gasteiger partial charge in [0.25, 0.3) is 0 Å². The maximum absolute atomic E-state index is 6.28. The van der Waals surface area contributed by atoms with Gasteiger partial charge in [0.2, 0.25) is 0 Å². The number of rotatable bonds is 8. The Bertz CT molecular complexity index is 990. The number of thioether (sulfide) groups is 1. The Kier molecular flexibility index (Phi) is 7.50. The molecule has 7 heteroatoms. The van der Waals surface area contributed by atoms with Crippen LogP contribution < -0.4 is 4.74 Å². The molecule has 0 aliphatic carbocycles. The SMILES string of the molecule is C=CCn1c(COc2ccc(C(C)(C)C)cc2)nnc1SCc1c(Cl)cccc1Cl. The Morgan fingerprint density at radius 1 is 1.07 bits per heavy atom. The highest BCUT2D eigenvalue weighted by Crippen LogP contribution is 2.31. The molecule has 30 heavy (non-hydrogen) atoms. The summed E-state index contributed by atoms with van der Waals surface area (Å²) in [4.78, 5) is 0. The van der Waals surface area contributed by atoms with E-state index in [1.807, 2.05) is 41.0 Å². The minimum atomic E-state index is 0.110. The van der Waals surface area contributed by atoms with Gasteiger partial charge in [-0.05, 0) is 40.8 Å². The van der Waals surface area contributed by atoms with E-state index in [1.54, 1.807) is 0 Å². The van der Waals surface area contributed by atoms with Crippen LogP contribution in [-0.4, -0.2) is 14.8 Å². The van der Waals surface area contributed by atoms with Crippen molar-refractivity contribution in [1.82, 2.24) is 14.8 Å². The van der Waals surface area contributed by atoms with Crippen LogP contribution in [0.5, 0.6) is 5.75 Å². The number of nitrogens with zero attached hydrogens (tertiary/aromatic N) is 3. The first-order chi connectivity index (χ1) is 14.3. The molecule has 0 atom stereocenters. The van der Waals surface area contributed by atoms with Crippen LogP contribution in [0.3, 0.4) is 0 Å². The second-order valence-corrected chi connectivity index (χ2v) is 9.61. The van der Waals surface area contributed by atoms with Gasteiger partial charge >= 0.3 is 0 Å². The molecule has 0 radical (unpaired) electrons. The third-order valence-electron chi connectivity index (χ3n) is 4.60. The molecule has 0 amide bonds. The first-order valence-electron chi connectivity index (χ1n) is 9.61. The second-order valence-electron chi connectivity index (χ2n) is 7.85. The van der Waals surface area contributed by atoms with Crippen molar-refractivity contribution in [2.45, 2.75) is 50.2 Å². The van der Waals surface area contributed by atoms with Crippen LogP contribution in [0.25, 0.3) is 0 Å². The Morgan fingerprint density at radius 2 is 1.73 bits per heavy atom. The molecule has 0 fully saturated rings. The highest BCUT2D eigenvalue weighted by molar-refractivity contribution is 7.98. The van der Waals surface area contributed by atoms with E-state index in [-0.39, 0.29) is 5.41 Å². The fraction of sp³-hybridized carbons (Fsp3) is 0.304. The summed E-state index contributed by atoms with van der Waals surface area (Å²) >= 11 is 14.1. The van der Waals surface area contributed by atoms with Gasteiger partial charge in [-0.3, -0.25) is 4.57 Å². The third kappa shape index (κ3) is 5.60. The molecule has 0 N–H and O–H groups in total. The molecule has 0 aliphatic heterocycles. The van der Waals surface area contributed by atoms with Crippen molar-refractivity contribution in [2.75, 3.05) is 0 Å². The van der Waals surface area contributed by atoms with Gasteiger partial charge in [0.1, 0.15) is 12.4 Å². The van der Waals surface area contributed by atoms with E-state index >= 15 is 0 Å².